The predicted octanol–water partition coefficient (Wildman–Crippen LogP) is 2.07. The first-order valence-electron chi connectivity index (χ1n) is 6.21. The van der Waals surface area contributed by atoms with E-state index in [9.17, 15) is 5.26 Å². The lowest BCUT2D eigenvalue weighted by molar-refractivity contribution is 0.134. The van der Waals surface area contributed by atoms with E-state index >= 15 is 0 Å². The molecule has 1 aliphatic carbocycles. The molecule has 0 aliphatic heterocycles. The van der Waals surface area contributed by atoms with Gasteiger partial charge in [0.05, 0.1) is 12.7 Å². The maximum atomic E-state index is 9.26. The molecule has 0 atom stereocenters. The van der Waals surface area contributed by atoms with E-state index in [2.05, 4.69) is 32.2 Å². The maximum absolute atomic E-state index is 9.26. The summed E-state index contributed by atoms with van der Waals surface area (Å²) in [5, 5.41) is 21.3. The van der Waals surface area contributed by atoms with Gasteiger partial charge in [-0.05, 0) is 37.0 Å². The van der Waals surface area contributed by atoms with Crippen LogP contribution in [0.2, 0.25) is 0 Å². The second-order valence-electron chi connectivity index (χ2n) is 5.98. The molecule has 0 saturated heterocycles. The number of nitriles is 1. The highest BCUT2D eigenvalue weighted by Crippen LogP contribution is 2.41. The number of nitrogens with one attached hydrogen (secondary N) is 1. The van der Waals surface area contributed by atoms with Crippen LogP contribution in [0.3, 0.4) is 0 Å². The molecule has 1 rings (SSSR count). The molecule has 1 aliphatic rings. The van der Waals surface area contributed by atoms with Gasteiger partial charge in [0.15, 0.2) is 0 Å². The molecule has 0 spiro atoms. The van der Waals surface area contributed by atoms with Crippen molar-refractivity contribution in [3.63, 3.8) is 0 Å². The lowest BCUT2D eigenvalue weighted by Gasteiger charge is -2.41. The number of nitrogens with zero attached hydrogens (tertiary/aromatic N) is 1. The van der Waals surface area contributed by atoms with Gasteiger partial charge in [0.1, 0.15) is 5.54 Å². The fourth-order valence-electron chi connectivity index (χ4n) is 2.60. The van der Waals surface area contributed by atoms with Gasteiger partial charge in [-0.3, -0.25) is 5.32 Å². The number of aliphatic hydroxyl groups excluding tert-OH is 1. The van der Waals surface area contributed by atoms with E-state index in [-0.39, 0.29) is 12.1 Å². The van der Waals surface area contributed by atoms with E-state index in [4.69, 9.17) is 5.11 Å². The van der Waals surface area contributed by atoms with Gasteiger partial charge in [-0.1, -0.05) is 20.8 Å². The molecule has 16 heavy (non-hydrogen) atoms. The van der Waals surface area contributed by atoms with E-state index in [0.29, 0.717) is 17.9 Å². The fraction of sp³-hybridized carbons (Fsp3) is 0.923. The second kappa shape index (κ2) is 5.16. The topological polar surface area (TPSA) is 56.0 Å². The summed E-state index contributed by atoms with van der Waals surface area (Å²) >= 11 is 0. The summed E-state index contributed by atoms with van der Waals surface area (Å²) < 4.78 is 0. The molecule has 0 heterocycles. The van der Waals surface area contributed by atoms with Crippen LogP contribution in [0.25, 0.3) is 0 Å². The summed E-state index contributed by atoms with van der Waals surface area (Å²) in [5.74, 6) is 0.713. The molecule has 92 valence electrons. The van der Waals surface area contributed by atoms with Crippen LogP contribution in [0.15, 0.2) is 0 Å². The van der Waals surface area contributed by atoms with E-state index in [1.165, 1.54) is 0 Å². The van der Waals surface area contributed by atoms with Gasteiger partial charge in [-0.25, -0.2) is 0 Å². The summed E-state index contributed by atoms with van der Waals surface area (Å²) in [6.45, 7) is 7.45. The zero-order chi connectivity index (χ0) is 12.2. The fourth-order valence-corrected chi connectivity index (χ4v) is 2.60. The van der Waals surface area contributed by atoms with Crippen molar-refractivity contribution >= 4 is 0 Å². The number of hydrogen-bond acceptors (Lipinski definition) is 3. The van der Waals surface area contributed by atoms with Gasteiger partial charge in [0, 0.05) is 6.54 Å². The summed E-state index contributed by atoms with van der Waals surface area (Å²) in [6.07, 6.45) is 4.03. The summed E-state index contributed by atoms with van der Waals surface area (Å²) in [4.78, 5) is 0. The smallest absolute Gasteiger partial charge is 0.106 e. The molecule has 1 fully saturated rings. The van der Waals surface area contributed by atoms with Gasteiger partial charge in [-0.15, -0.1) is 0 Å². The van der Waals surface area contributed by atoms with Crippen LogP contribution in [0, 0.1) is 22.7 Å². The van der Waals surface area contributed by atoms with Crippen molar-refractivity contribution in [2.24, 2.45) is 11.3 Å². The van der Waals surface area contributed by atoms with Crippen molar-refractivity contribution in [3.05, 3.63) is 0 Å². The Morgan fingerprint density at radius 3 is 2.31 bits per heavy atom. The zero-order valence-corrected chi connectivity index (χ0v) is 10.7. The molecule has 3 heteroatoms. The molecular formula is C13H24N2O. The largest absolute Gasteiger partial charge is 0.395 e. The van der Waals surface area contributed by atoms with Crippen molar-refractivity contribution in [1.82, 2.24) is 5.32 Å². The van der Waals surface area contributed by atoms with Crippen LogP contribution in [0.4, 0.5) is 0 Å². The van der Waals surface area contributed by atoms with Crippen molar-refractivity contribution in [2.75, 3.05) is 13.2 Å². The molecule has 0 unspecified atom stereocenters. The van der Waals surface area contributed by atoms with Crippen LogP contribution in [-0.4, -0.2) is 23.8 Å². The highest BCUT2D eigenvalue weighted by atomic mass is 16.3. The Morgan fingerprint density at radius 2 is 1.94 bits per heavy atom. The van der Waals surface area contributed by atoms with Crippen LogP contribution in [0.1, 0.15) is 46.5 Å². The van der Waals surface area contributed by atoms with Crippen LogP contribution in [-0.2, 0) is 0 Å². The summed E-state index contributed by atoms with van der Waals surface area (Å²) in [6, 6.07) is 2.40. The number of hydrogen-bond donors (Lipinski definition) is 2. The first-order chi connectivity index (χ1) is 7.43. The highest BCUT2D eigenvalue weighted by molar-refractivity contribution is 5.09. The van der Waals surface area contributed by atoms with Gasteiger partial charge in [0.2, 0.25) is 0 Å². The zero-order valence-electron chi connectivity index (χ0n) is 10.7. The first kappa shape index (κ1) is 13.5. The molecule has 3 nitrogen and oxygen atoms in total. The SMILES string of the molecule is CC(C)(C)C1CCC(C#N)(NCCO)CC1. The Morgan fingerprint density at radius 1 is 1.38 bits per heavy atom. The minimum absolute atomic E-state index is 0.103. The summed E-state index contributed by atoms with van der Waals surface area (Å²) in [5.41, 5.74) is -0.0386. The number of rotatable bonds is 3. The minimum Gasteiger partial charge on any atom is -0.395 e. The molecule has 0 bridgehead atoms. The van der Waals surface area contributed by atoms with Gasteiger partial charge in [-0.2, -0.15) is 5.26 Å². The van der Waals surface area contributed by atoms with Crippen LogP contribution in [0.5, 0.6) is 0 Å². The monoisotopic (exact) mass is 224 g/mol. The van der Waals surface area contributed by atoms with E-state index in [1.54, 1.807) is 0 Å². The Hall–Kier alpha value is -0.590. The number of aliphatic hydroxyl groups is 1. The van der Waals surface area contributed by atoms with Gasteiger partial charge >= 0.3 is 0 Å². The third kappa shape index (κ3) is 3.20. The molecular weight excluding hydrogens is 200 g/mol. The lowest BCUT2D eigenvalue weighted by Crippen LogP contribution is -2.48. The van der Waals surface area contributed by atoms with Gasteiger partial charge in [0.25, 0.3) is 0 Å². The van der Waals surface area contributed by atoms with Gasteiger partial charge < -0.3 is 5.11 Å². The second-order valence-corrected chi connectivity index (χ2v) is 5.98. The van der Waals surface area contributed by atoms with E-state index < -0.39 is 0 Å². The third-order valence-electron chi connectivity index (χ3n) is 3.85. The molecule has 0 amide bonds. The van der Waals surface area contributed by atoms with Crippen molar-refractivity contribution in [1.29, 1.82) is 5.26 Å². The average molecular weight is 224 g/mol. The standard InChI is InChI=1S/C13H24N2O/c1-12(2,3)11-4-6-13(10-14,7-5-11)15-8-9-16/h11,15-16H,4-9H2,1-3H3. The first-order valence-corrected chi connectivity index (χ1v) is 6.21. The molecule has 0 aromatic rings. The normalized spacial score (nSPS) is 31.1. The lowest BCUT2D eigenvalue weighted by atomic mass is 9.67. The highest BCUT2D eigenvalue weighted by Gasteiger charge is 2.38. The molecule has 0 aromatic carbocycles. The number of β-amino-alcohol motifs (C(OH)–C–C–N with tert-alkyl or cyclic N) is 1. The Kier molecular flexibility index (Phi) is 4.35. The Balaban J connectivity index is 2.54. The molecule has 0 aromatic heterocycles. The Bertz CT molecular complexity index is 254. The van der Waals surface area contributed by atoms with Crippen molar-refractivity contribution in [3.8, 4) is 6.07 Å². The van der Waals surface area contributed by atoms with Crippen LogP contribution >= 0.6 is 0 Å². The van der Waals surface area contributed by atoms with E-state index in [1.807, 2.05) is 0 Å². The van der Waals surface area contributed by atoms with Crippen molar-refractivity contribution < 1.29 is 5.11 Å². The van der Waals surface area contributed by atoms with Crippen molar-refractivity contribution in [2.45, 2.75) is 52.0 Å². The molecule has 1 saturated carbocycles. The Labute approximate surface area is 98.8 Å². The minimum atomic E-state index is -0.384. The maximum Gasteiger partial charge on any atom is 0.106 e. The predicted molar refractivity (Wildman–Crippen MR) is 64.8 cm³/mol. The molecule has 2 N–H and O–H groups in total. The van der Waals surface area contributed by atoms with E-state index in [0.717, 1.165) is 25.7 Å². The average Bonchev–Trinajstić information content (AvgIpc) is 2.26. The quantitative estimate of drug-likeness (QED) is 0.771. The van der Waals surface area contributed by atoms with Crippen LogP contribution < -0.4 is 5.32 Å². The summed E-state index contributed by atoms with van der Waals surface area (Å²) in [7, 11) is 0. The third-order valence-corrected chi connectivity index (χ3v) is 3.85. The molecule has 0 radical (unpaired) electrons.